The fourth-order valence-corrected chi connectivity index (χ4v) is 2.68. The zero-order valence-electron chi connectivity index (χ0n) is 14.8. The van der Waals surface area contributed by atoms with Gasteiger partial charge in [0.05, 0.1) is 0 Å². The molecule has 1 amide bonds. The molecule has 138 valence electrons. The molecule has 1 aromatic heterocycles. The van der Waals surface area contributed by atoms with Crippen LogP contribution in [0, 0.1) is 11.6 Å². The number of aromatic nitrogens is 1. The maximum Gasteiger partial charge on any atom is 0.272 e. The highest BCUT2D eigenvalue weighted by molar-refractivity contribution is 5.93. The Hall–Kier alpha value is -3.28. The number of carbonyl (C=O) groups is 1. The monoisotopic (exact) mass is 367 g/mol. The lowest BCUT2D eigenvalue weighted by Gasteiger charge is -2.21. The zero-order valence-corrected chi connectivity index (χ0v) is 14.8. The first kappa shape index (κ1) is 18.5. The van der Waals surface area contributed by atoms with E-state index in [2.05, 4.69) is 10.3 Å². The van der Waals surface area contributed by atoms with E-state index in [0.29, 0.717) is 18.8 Å². The molecule has 0 fully saturated rings. The molecule has 2 aromatic carbocycles. The van der Waals surface area contributed by atoms with Gasteiger partial charge >= 0.3 is 0 Å². The van der Waals surface area contributed by atoms with Crippen LogP contribution in [0.5, 0.6) is 0 Å². The van der Waals surface area contributed by atoms with Gasteiger partial charge in [-0.15, -0.1) is 0 Å². The van der Waals surface area contributed by atoms with E-state index in [9.17, 15) is 13.6 Å². The number of hydrogen-bond donors (Lipinski definition) is 1. The van der Waals surface area contributed by atoms with Gasteiger partial charge in [-0.05, 0) is 36.8 Å². The largest absolute Gasteiger partial charge is 0.351 e. The van der Waals surface area contributed by atoms with E-state index in [4.69, 9.17) is 0 Å². The molecule has 0 aliphatic rings. The van der Waals surface area contributed by atoms with Gasteiger partial charge in [0.2, 0.25) is 0 Å². The highest BCUT2D eigenvalue weighted by Gasteiger charge is 2.17. The van der Waals surface area contributed by atoms with Gasteiger partial charge in [0, 0.05) is 25.0 Å². The molecule has 0 atom stereocenters. The summed E-state index contributed by atoms with van der Waals surface area (Å²) >= 11 is 0. The third kappa shape index (κ3) is 4.47. The van der Waals surface area contributed by atoms with Crippen LogP contribution in [0.3, 0.4) is 0 Å². The van der Waals surface area contributed by atoms with Gasteiger partial charge in [-0.2, -0.15) is 0 Å². The number of rotatable bonds is 6. The van der Waals surface area contributed by atoms with E-state index in [0.717, 1.165) is 17.7 Å². The molecule has 0 radical (unpaired) electrons. The van der Waals surface area contributed by atoms with Crippen LogP contribution in [0.2, 0.25) is 0 Å². The van der Waals surface area contributed by atoms with E-state index < -0.39 is 11.6 Å². The molecule has 1 N–H and O–H groups in total. The fraction of sp³-hybridized carbons (Fsp3) is 0.143. The van der Waals surface area contributed by atoms with Crippen LogP contribution in [0.15, 0.2) is 66.9 Å². The molecule has 4 nitrogen and oxygen atoms in total. The fourth-order valence-electron chi connectivity index (χ4n) is 2.68. The number of benzene rings is 2. The third-order valence-corrected chi connectivity index (χ3v) is 4.10. The van der Waals surface area contributed by atoms with Crippen molar-refractivity contribution in [3.8, 4) is 0 Å². The summed E-state index contributed by atoms with van der Waals surface area (Å²) < 4.78 is 27.7. The Balaban J connectivity index is 1.80. The number of hydrogen-bond acceptors (Lipinski definition) is 3. The van der Waals surface area contributed by atoms with Crippen molar-refractivity contribution in [1.29, 1.82) is 0 Å². The molecule has 0 spiro atoms. The molecule has 1 heterocycles. The van der Waals surface area contributed by atoms with Crippen molar-refractivity contribution in [2.24, 2.45) is 0 Å². The first-order valence-corrected chi connectivity index (χ1v) is 8.58. The van der Waals surface area contributed by atoms with Crippen LogP contribution >= 0.6 is 0 Å². The minimum Gasteiger partial charge on any atom is -0.351 e. The molecule has 0 aliphatic carbocycles. The van der Waals surface area contributed by atoms with Crippen LogP contribution in [-0.4, -0.2) is 22.3 Å². The van der Waals surface area contributed by atoms with Gasteiger partial charge in [-0.25, -0.2) is 8.78 Å². The number of halogens is 2. The summed E-state index contributed by atoms with van der Waals surface area (Å²) in [6.45, 7) is 2.85. The summed E-state index contributed by atoms with van der Waals surface area (Å²) in [6, 6.07) is 16.3. The Kier molecular flexibility index (Phi) is 5.76. The molecule has 0 unspecified atom stereocenters. The number of amides is 1. The topological polar surface area (TPSA) is 45.2 Å². The van der Waals surface area contributed by atoms with Crippen LogP contribution in [-0.2, 0) is 6.54 Å². The number of pyridine rings is 1. The van der Waals surface area contributed by atoms with Gasteiger partial charge < -0.3 is 10.2 Å². The minimum atomic E-state index is -0.709. The second-order valence-electron chi connectivity index (χ2n) is 5.96. The van der Waals surface area contributed by atoms with Crippen molar-refractivity contribution >= 4 is 17.3 Å². The summed E-state index contributed by atoms with van der Waals surface area (Å²) in [5.74, 6) is -1.67. The molecule has 27 heavy (non-hydrogen) atoms. The Labute approximate surface area is 156 Å². The maximum absolute atomic E-state index is 13.8. The van der Waals surface area contributed by atoms with Crippen molar-refractivity contribution in [3.05, 3.63) is 89.8 Å². The lowest BCUT2D eigenvalue weighted by atomic mass is 10.2. The second kappa shape index (κ2) is 8.40. The van der Waals surface area contributed by atoms with Crippen molar-refractivity contribution in [3.63, 3.8) is 0 Å². The molecule has 6 heteroatoms. The summed E-state index contributed by atoms with van der Waals surface area (Å²) in [4.78, 5) is 18.6. The highest BCUT2D eigenvalue weighted by atomic mass is 19.1. The molecule has 3 rings (SSSR count). The lowest BCUT2D eigenvalue weighted by Crippen LogP contribution is -2.31. The average Bonchev–Trinajstić information content (AvgIpc) is 2.69. The van der Waals surface area contributed by atoms with E-state index in [1.54, 1.807) is 11.0 Å². The molecular formula is C21H19F2N3O. The molecule has 0 bridgehead atoms. The SMILES string of the molecule is CCN(Cc1ccccc1)C(=O)c1cc(Nc2c(F)cccc2F)ccn1. The number of nitrogens with one attached hydrogen (secondary N) is 1. The van der Waals surface area contributed by atoms with Crippen molar-refractivity contribution in [1.82, 2.24) is 9.88 Å². The Morgan fingerprint density at radius 2 is 1.74 bits per heavy atom. The summed E-state index contributed by atoms with van der Waals surface area (Å²) in [5.41, 5.74) is 1.33. The average molecular weight is 367 g/mol. The van der Waals surface area contributed by atoms with Gasteiger partial charge in [-0.3, -0.25) is 9.78 Å². The van der Waals surface area contributed by atoms with Gasteiger partial charge in [-0.1, -0.05) is 36.4 Å². The maximum atomic E-state index is 13.8. The lowest BCUT2D eigenvalue weighted by molar-refractivity contribution is 0.0746. The number of nitrogens with zero attached hydrogens (tertiary/aromatic N) is 2. The Morgan fingerprint density at radius 3 is 2.41 bits per heavy atom. The molecular weight excluding hydrogens is 348 g/mol. The highest BCUT2D eigenvalue weighted by Crippen LogP contribution is 2.23. The summed E-state index contributed by atoms with van der Waals surface area (Å²) in [7, 11) is 0. The normalized spacial score (nSPS) is 10.5. The predicted octanol–water partition coefficient (Wildman–Crippen LogP) is 4.77. The smallest absolute Gasteiger partial charge is 0.272 e. The Bertz CT molecular complexity index is 911. The zero-order chi connectivity index (χ0) is 19.2. The summed E-state index contributed by atoms with van der Waals surface area (Å²) in [5, 5.41) is 2.68. The number of carbonyl (C=O) groups excluding carboxylic acids is 1. The van der Waals surface area contributed by atoms with Crippen molar-refractivity contribution in [2.75, 3.05) is 11.9 Å². The van der Waals surface area contributed by atoms with E-state index in [1.807, 2.05) is 37.3 Å². The second-order valence-corrected chi connectivity index (χ2v) is 5.96. The van der Waals surface area contributed by atoms with E-state index in [1.165, 1.54) is 18.3 Å². The molecule has 0 saturated heterocycles. The molecule has 3 aromatic rings. The first-order chi connectivity index (χ1) is 13.1. The Morgan fingerprint density at radius 1 is 1.04 bits per heavy atom. The van der Waals surface area contributed by atoms with E-state index in [-0.39, 0.29) is 17.3 Å². The van der Waals surface area contributed by atoms with Gasteiger partial charge in [0.1, 0.15) is 23.0 Å². The van der Waals surface area contributed by atoms with Crippen LogP contribution in [0.1, 0.15) is 23.0 Å². The third-order valence-electron chi connectivity index (χ3n) is 4.10. The van der Waals surface area contributed by atoms with Crippen LogP contribution < -0.4 is 5.32 Å². The number of para-hydroxylation sites is 1. The van der Waals surface area contributed by atoms with E-state index >= 15 is 0 Å². The van der Waals surface area contributed by atoms with Gasteiger partial charge in [0.15, 0.2) is 0 Å². The predicted molar refractivity (Wildman–Crippen MR) is 101 cm³/mol. The minimum absolute atomic E-state index is 0.203. The van der Waals surface area contributed by atoms with Crippen molar-refractivity contribution < 1.29 is 13.6 Å². The number of anilines is 2. The van der Waals surface area contributed by atoms with Crippen LogP contribution in [0.25, 0.3) is 0 Å². The quantitative estimate of drug-likeness (QED) is 0.683. The first-order valence-electron chi connectivity index (χ1n) is 8.58. The summed E-state index contributed by atoms with van der Waals surface area (Å²) in [6.07, 6.45) is 1.44. The standard InChI is InChI=1S/C21H19F2N3O/c1-2-26(14-15-7-4-3-5-8-15)21(27)19-13-16(11-12-24-19)25-20-17(22)9-6-10-18(20)23/h3-13H,2,14H2,1H3,(H,24,25). The van der Waals surface area contributed by atoms with Crippen molar-refractivity contribution in [2.45, 2.75) is 13.5 Å². The van der Waals surface area contributed by atoms with Gasteiger partial charge in [0.25, 0.3) is 5.91 Å². The molecule has 0 aliphatic heterocycles. The molecule has 0 saturated carbocycles. The van der Waals surface area contributed by atoms with Crippen LogP contribution in [0.4, 0.5) is 20.2 Å².